The summed E-state index contributed by atoms with van der Waals surface area (Å²) in [4.78, 5) is 0. The van der Waals surface area contributed by atoms with Gasteiger partial charge in [-0.05, 0) is 17.7 Å². The molecule has 0 saturated heterocycles. The maximum absolute atomic E-state index is 5.93. The first kappa shape index (κ1) is 10.4. The standard InChI is InChI=1S/C10H10Cl2O/c1-2-5-13-10-4-3-8(7-11)6-9(10)12/h2-4,6H,1,5,7H2. The molecule has 0 heterocycles. The fourth-order valence-corrected chi connectivity index (χ4v) is 1.32. The molecule has 0 aliphatic rings. The van der Waals surface area contributed by atoms with Crippen molar-refractivity contribution in [2.75, 3.05) is 6.61 Å². The Kier molecular flexibility index (Phi) is 4.13. The summed E-state index contributed by atoms with van der Waals surface area (Å²) in [6.45, 7) is 4.01. The first-order valence-electron chi connectivity index (χ1n) is 3.86. The van der Waals surface area contributed by atoms with Crippen LogP contribution in [0.1, 0.15) is 5.56 Å². The molecule has 13 heavy (non-hydrogen) atoms. The summed E-state index contributed by atoms with van der Waals surface area (Å²) in [5.41, 5.74) is 0.984. The van der Waals surface area contributed by atoms with Gasteiger partial charge in [-0.3, -0.25) is 0 Å². The molecule has 0 atom stereocenters. The maximum Gasteiger partial charge on any atom is 0.138 e. The van der Waals surface area contributed by atoms with Crippen molar-refractivity contribution in [1.82, 2.24) is 0 Å². The Morgan fingerprint density at radius 1 is 1.46 bits per heavy atom. The molecule has 0 fully saturated rings. The van der Waals surface area contributed by atoms with Crippen LogP contribution in [0.4, 0.5) is 0 Å². The van der Waals surface area contributed by atoms with Gasteiger partial charge in [-0.2, -0.15) is 0 Å². The molecule has 1 rings (SSSR count). The summed E-state index contributed by atoms with van der Waals surface area (Å²) in [5.74, 6) is 1.12. The summed E-state index contributed by atoms with van der Waals surface area (Å²) in [6.07, 6.45) is 1.67. The summed E-state index contributed by atoms with van der Waals surface area (Å²) in [5, 5.41) is 0.583. The van der Waals surface area contributed by atoms with Gasteiger partial charge in [0, 0.05) is 5.88 Å². The van der Waals surface area contributed by atoms with E-state index in [0.29, 0.717) is 23.3 Å². The largest absolute Gasteiger partial charge is 0.488 e. The average molecular weight is 217 g/mol. The van der Waals surface area contributed by atoms with Gasteiger partial charge < -0.3 is 4.74 Å². The molecule has 0 aliphatic heterocycles. The monoisotopic (exact) mass is 216 g/mol. The number of hydrogen-bond donors (Lipinski definition) is 0. The highest BCUT2D eigenvalue weighted by molar-refractivity contribution is 6.32. The third-order valence-electron chi connectivity index (χ3n) is 1.51. The molecule has 0 amide bonds. The maximum atomic E-state index is 5.93. The first-order valence-corrected chi connectivity index (χ1v) is 4.77. The van der Waals surface area contributed by atoms with Crippen molar-refractivity contribution in [2.45, 2.75) is 5.88 Å². The molecular formula is C10H10Cl2O. The van der Waals surface area contributed by atoms with Gasteiger partial charge in [-0.25, -0.2) is 0 Å². The Morgan fingerprint density at radius 2 is 2.23 bits per heavy atom. The van der Waals surface area contributed by atoms with Crippen molar-refractivity contribution in [3.05, 3.63) is 41.4 Å². The molecule has 0 bridgehead atoms. The fraction of sp³-hybridized carbons (Fsp3) is 0.200. The smallest absolute Gasteiger partial charge is 0.138 e. The Hall–Kier alpha value is -0.660. The van der Waals surface area contributed by atoms with Gasteiger partial charge in [0.05, 0.1) is 5.02 Å². The Bertz CT molecular complexity index is 297. The zero-order valence-electron chi connectivity index (χ0n) is 7.09. The van der Waals surface area contributed by atoms with Crippen LogP contribution in [0.2, 0.25) is 5.02 Å². The molecule has 0 aromatic heterocycles. The van der Waals surface area contributed by atoms with E-state index in [1.54, 1.807) is 12.1 Å². The van der Waals surface area contributed by atoms with Crippen LogP contribution in [-0.4, -0.2) is 6.61 Å². The molecule has 0 unspecified atom stereocenters. The highest BCUT2D eigenvalue weighted by Gasteiger charge is 2.01. The van der Waals surface area contributed by atoms with Crippen LogP contribution in [0, 0.1) is 0 Å². The molecule has 1 aromatic rings. The summed E-state index contributed by atoms with van der Waals surface area (Å²) in [6, 6.07) is 5.49. The zero-order chi connectivity index (χ0) is 9.68. The van der Waals surface area contributed by atoms with Crippen molar-refractivity contribution < 1.29 is 4.74 Å². The molecular weight excluding hydrogens is 207 g/mol. The number of rotatable bonds is 4. The van der Waals surface area contributed by atoms with Crippen LogP contribution in [-0.2, 0) is 5.88 Å². The van der Waals surface area contributed by atoms with Gasteiger partial charge in [0.25, 0.3) is 0 Å². The number of hydrogen-bond acceptors (Lipinski definition) is 1. The van der Waals surface area contributed by atoms with Crippen molar-refractivity contribution in [3.63, 3.8) is 0 Å². The number of benzene rings is 1. The van der Waals surface area contributed by atoms with Crippen molar-refractivity contribution in [1.29, 1.82) is 0 Å². The SMILES string of the molecule is C=CCOc1ccc(CCl)cc1Cl. The molecule has 1 aromatic carbocycles. The Labute approximate surface area is 87.9 Å². The topological polar surface area (TPSA) is 9.23 Å². The van der Waals surface area contributed by atoms with Gasteiger partial charge in [0.15, 0.2) is 0 Å². The number of ether oxygens (including phenoxy) is 1. The third kappa shape index (κ3) is 2.94. The predicted molar refractivity (Wildman–Crippen MR) is 56.7 cm³/mol. The van der Waals surface area contributed by atoms with E-state index in [1.165, 1.54) is 0 Å². The fourth-order valence-electron chi connectivity index (χ4n) is 0.893. The van der Waals surface area contributed by atoms with Gasteiger partial charge in [-0.1, -0.05) is 30.3 Å². The third-order valence-corrected chi connectivity index (χ3v) is 2.11. The van der Waals surface area contributed by atoms with Crippen molar-refractivity contribution >= 4 is 23.2 Å². The lowest BCUT2D eigenvalue weighted by Gasteiger charge is -2.06. The van der Waals surface area contributed by atoms with Crippen molar-refractivity contribution in [3.8, 4) is 5.75 Å². The second-order valence-electron chi connectivity index (χ2n) is 2.50. The zero-order valence-corrected chi connectivity index (χ0v) is 8.61. The highest BCUT2D eigenvalue weighted by Crippen LogP contribution is 2.25. The van der Waals surface area contributed by atoms with Gasteiger partial charge in [0.2, 0.25) is 0 Å². The first-order chi connectivity index (χ1) is 6.27. The Balaban J connectivity index is 2.78. The molecule has 0 N–H and O–H groups in total. The second-order valence-corrected chi connectivity index (χ2v) is 3.17. The summed E-state index contributed by atoms with van der Waals surface area (Å²) < 4.78 is 5.29. The molecule has 0 aliphatic carbocycles. The average Bonchev–Trinajstić information content (AvgIpc) is 2.16. The van der Waals surface area contributed by atoms with E-state index in [9.17, 15) is 0 Å². The van der Waals surface area contributed by atoms with Gasteiger partial charge in [0.1, 0.15) is 12.4 Å². The quantitative estimate of drug-likeness (QED) is 0.552. The van der Waals surface area contributed by atoms with Crippen molar-refractivity contribution in [2.24, 2.45) is 0 Å². The lowest BCUT2D eigenvalue weighted by molar-refractivity contribution is 0.363. The minimum absolute atomic E-state index is 0.458. The molecule has 0 spiro atoms. The van der Waals surface area contributed by atoms with E-state index < -0.39 is 0 Å². The minimum atomic E-state index is 0.458. The molecule has 0 radical (unpaired) electrons. The van der Waals surface area contributed by atoms with Crippen LogP contribution >= 0.6 is 23.2 Å². The predicted octanol–water partition coefficient (Wildman–Crippen LogP) is 3.64. The minimum Gasteiger partial charge on any atom is -0.488 e. The van der Waals surface area contributed by atoms with Crippen LogP contribution < -0.4 is 4.74 Å². The van der Waals surface area contributed by atoms with E-state index in [-0.39, 0.29) is 0 Å². The lowest BCUT2D eigenvalue weighted by atomic mass is 10.2. The van der Waals surface area contributed by atoms with E-state index in [4.69, 9.17) is 27.9 Å². The highest BCUT2D eigenvalue weighted by atomic mass is 35.5. The van der Waals surface area contributed by atoms with Crippen LogP contribution in [0.3, 0.4) is 0 Å². The summed E-state index contributed by atoms with van der Waals surface area (Å²) >= 11 is 11.6. The van der Waals surface area contributed by atoms with Gasteiger partial charge >= 0.3 is 0 Å². The van der Waals surface area contributed by atoms with Gasteiger partial charge in [-0.15, -0.1) is 11.6 Å². The molecule has 70 valence electrons. The lowest BCUT2D eigenvalue weighted by Crippen LogP contribution is -1.93. The summed E-state index contributed by atoms with van der Waals surface area (Å²) in [7, 11) is 0. The second kappa shape index (κ2) is 5.15. The molecule has 1 nitrogen and oxygen atoms in total. The number of alkyl halides is 1. The van der Waals surface area contributed by atoms with Crippen LogP contribution in [0.5, 0.6) is 5.75 Å². The normalized spacial score (nSPS) is 9.69. The van der Waals surface area contributed by atoms with Crippen LogP contribution in [0.15, 0.2) is 30.9 Å². The molecule has 0 saturated carbocycles. The van der Waals surface area contributed by atoms with E-state index >= 15 is 0 Å². The van der Waals surface area contributed by atoms with E-state index in [1.807, 2.05) is 12.1 Å². The van der Waals surface area contributed by atoms with Crippen LogP contribution in [0.25, 0.3) is 0 Å². The Morgan fingerprint density at radius 3 is 2.77 bits per heavy atom. The molecule has 3 heteroatoms. The number of halogens is 2. The van der Waals surface area contributed by atoms with E-state index in [2.05, 4.69) is 6.58 Å². The van der Waals surface area contributed by atoms with E-state index in [0.717, 1.165) is 5.56 Å².